The number of benzene rings is 1. The van der Waals surface area contributed by atoms with Gasteiger partial charge in [0.05, 0.1) is 6.04 Å². The van der Waals surface area contributed by atoms with Crippen molar-refractivity contribution in [3.63, 3.8) is 0 Å². The SMILES string of the molecule is Cc1ccc(NC(C)c2ccc(C(=O)O)o2)c(C)c1. The van der Waals surface area contributed by atoms with Crippen LogP contribution in [0.4, 0.5) is 5.69 Å². The van der Waals surface area contributed by atoms with Gasteiger partial charge in [0.1, 0.15) is 5.76 Å². The van der Waals surface area contributed by atoms with Gasteiger partial charge in [-0.15, -0.1) is 0 Å². The Balaban J connectivity index is 2.15. The van der Waals surface area contributed by atoms with Gasteiger partial charge in [0.15, 0.2) is 0 Å². The number of rotatable bonds is 4. The molecule has 0 aliphatic heterocycles. The van der Waals surface area contributed by atoms with Crippen LogP contribution in [0.3, 0.4) is 0 Å². The lowest BCUT2D eigenvalue weighted by Gasteiger charge is -2.15. The van der Waals surface area contributed by atoms with Crippen molar-refractivity contribution < 1.29 is 14.3 Å². The van der Waals surface area contributed by atoms with Gasteiger partial charge >= 0.3 is 5.97 Å². The van der Waals surface area contributed by atoms with E-state index < -0.39 is 5.97 Å². The first-order valence-electron chi connectivity index (χ1n) is 6.14. The van der Waals surface area contributed by atoms with Crippen molar-refractivity contribution in [3.05, 3.63) is 53.0 Å². The molecule has 4 heteroatoms. The number of nitrogens with one attached hydrogen (secondary N) is 1. The Morgan fingerprint density at radius 3 is 2.58 bits per heavy atom. The van der Waals surface area contributed by atoms with E-state index in [1.165, 1.54) is 11.6 Å². The smallest absolute Gasteiger partial charge is 0.371 e. The fraction of sp³-hybridized carbons (Fsp3) is 0.267. The molecule has 2 rings (SSSR count). The van der Waals surface area contributed by atoms with Gasteiger partial charge in [0.25, 0.3) is 0 Å². The number of furan rings is 1. The zero-order valence-corrected chi connectivity index (χ0v) is 11.2. The predicted octanol–water partition coefficient (Wildman–Crippen LogP) is 3.77. The number of carboxylic acid groups (broad SMARTS) is 1. The van der Waals surface area contributed by atoms with Gasteiger partial charge < -0.3 is 14.8 Å². The highest BCUT2D eigenvalue weighted by molar-refractivity contribution is 5.84. The molecule has 0 bridgehead atoms. The van der Waals surface area contributed by atoms with Crippen LogP contribution in [0, 0.1) is 13.8 Å². The number of hydrogen-bond acceptors (Lipinski definition) is 3. The number of hydrogen-bond donors (Lipinski definition) is 2. The number of aryl methyl sites for hydroxylation is 2. The van der Waals surface area contributed by atoms with E-state index in [4.69, 9.17) is 9.52 Å². The molecule has 0 amide bonds. The zero-order valence-electron chi connectivity index (χ0n) is 11.2. The van der Waals surface area contributed by atoms with E-state index in [0.29, 0.717) is 5.76 Å². The van der Waals surface area contributed by atoms with Gasteiger partial charge in [-0.05, 0) is 44.5 Å². The monoisotopic (exact) mass is 259 g/mol. The average molecular weight is 259 g/mol. The maximum atomic E-state index is 10.8. The van der Waals surface area contributed by atoms with Crippen molar-refractivity contribution in [2.75, 3.05) is 5.32 Å². The zero-order chi connectivity index (χ0) is 14.0. The van der Waals surface area contributed by atoms with E-state index in [-0.39, 0.29) is 11.8 Å². The molecule has 1 heterocycles. The van der Waals surface area contributed by atoms with E-state index in [9.17, 15) is 4.79 Å². The largest absolute Gasteiger partial charge is 0.475 e. The summed E-state index contributed by atoms with van der Waals surface area (Å²) in [6, 6.07) is 9.21. The minimum absolute atomic E-state index is 0.0377. The average Bonchev–Trinajstić information content (AvgIpc) is 2.82. The molecule has 1 aromatic heterocycles. The van der Waals surface area contributed by atoms with Crippen LogP contribution in [0.25, 0.3) is 0 Å². The van der Waals surface area contributed by atoms with Gasteiger partial charge in [0, 0.05) is 5.69 Å². The van der Waals surface area contributed by atoms with Crippen LogP contribution in [0.2, 0.25) is 0 Å². The fourth-order valence-corrected chi connectivity index (χ4v) is 1.98. The Bertz CT molecular complexity index is 601. The molecular formula is C15H17NO3. The minimum Gasteiger partial charge on any atom is -0.475 e. The molecular weight excluding hydrogens is 242 g/mol. The van der Waals surface area contributed by atoms with Crippen LogP contribution in [-0.4, -0.2) is 11.1 Å². The van der Waals surface area contributed by atoms with Gasteiger partial charge in [-0.1, -0.05) is 17.7 Å². The Kier molecular flexibility index (Phi) is 3.60. The summed E-state index contributed by atoms with van der Waals surface area (Å²) in [6.45, 7) is 6.02. The molecule has 0 saturated heterocycles. The van der Waals surface area contributed by atoms with E-state index >= 15 is 0 Å². The molecule has 0 fully saturated rings. The molecule has 1 atom stereocenters. The molecule has 4 nitrogen and oxygen atoms in total. The van der Waals surface area contributed by atoms with E-state index in [0.717, 1.165) is 11.3 Å². The Morgan fingerprint density at radius 2 is 2.00 bits per heavy atom. The number of carboxylic acids is 1. The van der Waals surface area contributed by atoms with Crippen molar-refractivity contribution in [1.29, 1.82) is 0 Å². The van der Waals surface area contributed by atoms with Crippen LogP contribution >= 0.6 is 0 Å². The van der Waals surface area contributed by atoms with Crippen molar-refractivity contribution in [3.8, 4) is 0 Å². The first-order valence-corrected chi connectivity index (χ1v) is 6.14. The van der Waals surface area contributed by atoms with Crippen molar-refractivity contribution in [2.24, 2.45) is 0 Å². The predicted molar refractivity (Wildman–Crippen MR) is 73.6 cm³/mol. The van der Waals surface area contributed by atoms with Gasteiger partial charge in [-0.3, -0.25) is 0 Å². The van der Waals surface area contributed by atoms with E-state index in [1.54, 1.807) is 6.07 Å². The van der Waals surface area contributed by atoms with Crippen molar-refractivity contribution in [2.45, 2.75) is 26.8 Å². The second-order valence-corrected chi connectivity index (χ2v) is 4.69. The fourth-order valence-electron chi connectivity index (χ4n) is 1.98. The molecule has 2 N–H and O–H groups in total. The summed E-state index contributed by atoms with van der Waals surface area (Å²) in [7, 11) is 0. The first-order chi connectivity index (χ1) is 8.97. The maximum absolute atomic E-state index is 10.8. The van der Waals surface area contributed by atoms with Gasteiger partial charge in [0.2, 0.25) is 5.76 Å². The molecule has 100 valence electrons. The number of aromatic carboxylic acids is 1. The molecule has 1 aromatic carbocycles. The van der Waals surface area contributed by atoms with Crippen LogP contribution in [0.5, 0.6) is 0 Å². The lowest BCUT2D eigenvalue weighted by atomic mass is 10.1. The Labute approximate surface area is 112 Å². The number of carbonyl (C=O) groups is 1. The summed E-state index contributed by atoms with van der Waals surface area (Å²) in [4.78, 5) is 10.8. The second kappa shape index (κ2) is 5.18. The third-order valence-electron chi connectivity index (χ3n) is 3.02. The third-order valence-corrected chi connectivity index (χ3v) is 3.02. The summed E-state index contributed by atoms with van der Waals surface area (Å²) in [6.07, 6.45) is 0. The Morgan fingerprint density at radius 1 is 1.26 bits per heavy atom. The second-order valence-electron chi connectivity index (χ2n) is 4.69. The van der Waals surface area contributed by atoms with Crippen molar-refractivity contribution >= 4 is 11.7 Å². The first kappa shape index (κ1) is 13.2. The summed E-state index contributed by atoms with van der Waals surface area (Å²) in [5.74, 6) is -0.480. The molecule has 2 aromatic rings. The van der Waals surface area contributed by atoms with Crippen LogP contribution < -0.4 is 5.32 Å². The van der Waals surface area contributed by atoms with E-state index in [1.807, 2.05) is 32.9 Å². The highest BCUT2D eigenvalue weighted by atomic mass is 16.4. The molecule has 0 aliphatic carbocycles. The van der Waals surface area contributed by atoms with Crippen LogP contribution in [0.1, 0.15) is 40.4 Å². The summed E-state index contributed by atoms with van der Waals surface area (Å²) < 4.78 is 5.28. The summed E-state index contributed by atoms with van der Waals surface area (Å²) >= 11 is 0. The molecule has 0 radical (unpaired) electrons. The van der Waals surface area contributed by atoms with Gasteiger partial charge in [-0.25, -0.2) is 4.79 Å². The standard InChI is InChI=1S/C15H17NO3/c1-9-4-5-12(10(2)8-9)16-11(3)13-6-7-14(19-13)15(17)18/h4-8,11,16H,1-3H3,(H,17,18). The third kappa shape index (κ3) is 2.96. The van der Waals surface area contributed by atoms with E-state index in [2.05, 4.69) is 11.4 Å². The quantitative estimate of drug-likeness (QED) is 0.877. The molecule has 0 aliphatic rings. The highest BCUT2D eigenvalue weighted by Crippen LogP contribution is 2.24. The Hall–Kier alpha value is -2.23. The van der Waals surface area contributed by atoms with Gasteiger partial charge in [-0.2, -0.15) is 0 Å². The molecule has 0 saturated carbocycles. The molecule has 0 spiro atoms. The topological polar surface area (TPSA) is 62.5 Å². The lowest BCUT2D eigenvalue weighted by molar-refractivity contribution is 0.0660. The van der Waals surface area contributed by atoms with Crippen LogP contribution in [-0.2, 0) is 0 Å². The molecule has 19 heavy (non-hydrogen) atoms. The van der Waals surface area contributed by atoms with Crippen LogP contribution in [0.15, 0.2) is 34.7 Å². The summed E-state index contributed by atoms with van der Waals surface area (Å²) in [5.41, 5.74) is 3.38. The normalized spacial score (nSPS) is 12.2. The lowest BCUT2D eigenvalue weighted by Crippen LogP contribution is -2.07. The summed E-state index contributed by atoms with van der Waals surface area (Å²) in [5, 5.41) is 12.1. The molecule has 1 unspecified atom stereocenters. The van der Waals surface area contributed by atoms with Crippen molar-refractivity contribution in [1.82, 2.24) is 0 Å². The highest BCUT2D eigenvalue weighted by Gasteiger charge is 2.14. The number of anilines is 1. The maximum Gasteiger partial charge on any atom is 0.371 e. The minimum atomic E-state index is -1.05.